The highest BCUT2D eigenvalue weighted by Gasteiger charge is 2.31. The van der Waals surface area contributed by atoms with Gasteiger partial charge >= 0.3 is 0 Å². The molecule has 2 atom stereocenters. The molecule has 1 aromatic carbocycles. The van der Waals surface area contributed by atoms with Gasteiger partial charge in [-0.25, -0.2) is 0 Å². The smallest absolute Gasteiger partial charge is 0.191 e. The molecule has 1 aliphatic heterocycles. The number of thioether (sulfide) groups is 1. The summed E-state index contributed by atoms with van der Waals surface area (Å²) in [6.45, 7) is 3.73. The number of fused-ring (bicyclic) bond motifs is 1. The van der Waals surface area contributed by atoms with Gasteiger partial charge in [0.05, 0.1) is 11.3 Å². The van der Waals surface area contributed by atoms with Crippen LogP contribution >= 0.6 is 11.8 Å². The third-order valence-electron chi connectivity index (χ3n) is 3.38. The summed E-state index contributed by atoms with van der Waals surface area (Å²) in [6, 6.07) is 8.50. The number of aromatic nitrogens is 3. The summed E-state index contributed by atoms with van der Waals surface area (Å²) in [5, 5.41) is 12.9. The number of nitrogens with one attached hydrogen (secondary N) is 1. The van der Waals surface area contributed by atoms with Gasteiger partial charge in [0, 0.05) is 12.6 Å². The minimum atomic E-state index is 0.270. The second-order valence-electron chi connectivity index (χ2n) is 4.76. The number of hydrogen-bond donors (Lipinski definition) is 1. The molecule has 2 aromatic rings. The van der Waals surface area contributed by atoms with Crippen LogP contribution in [-0.2, 0) is 7.05 Å². The number of nitrogens with zero attached hydrogens (tertiary/aromatic N) is 3. The molecule has 0 aliphatic carbocycles. The Morgan fingerprint density at radius 2 is 2.30 bits per heavy atom. The summed E-state index contributed by atoms with van der Waals surface area (Å²) in [6.07, 6.45) is 1.72. The van der Waals surface area contributed by atoms with E-state index in [1.165, 1.54) is 5.56 Å². The Labute approximate surface area is 122 Å². The van der Waals surface area contributed by atoms with Crippen LogP contribution in [0.2, 0.25) is 0 Å². The van der Waals surface area contributed by atoms with E-state index in [-0.39, 0.29) is 11.3 Å². The van der Waals surface area contributed by atoms with Gasteiger partial charge in [0.25, 0.3) is 0 Å². The third kappa shape index (κ3) is 2.53. The van der Waals surface area contributed by atoms with E-state index in [1.54, 1.807) is 18.1 Å². The lowest BCUT2D eigenvalue weighted by Gasteiger charge is -2.33. The third-order valence-corrected chi connectivity index (χ3v) is 4.67. The molecule has 1 aromatic heterocycles. The zero-order valence-electron chi connectivity index (χ0n) is 11.6. The maximum atomic E-state index is 5.88. The highest BCUT2D eigenvalue weighted by molar-refractivity contribution is 7.99. The quantitative estimate of drug-likeness (QED) is 0.933. The highest BCUT2D eigenvalue weighted by Crippen LogP contribution is 2.39. The molecule has 0 spiro atoms. The molecule has 1 N–H and O–H groups in total. The Morgan fingerprint density at radius 3 is 3.05 bits per heavy atom. The molecule has 2 unspecified atom stereocenters. The van der Waals surface area contributed by atoms with Crippen LogP contribution in [0.3, 0.4) is 0 Å². The molecule has 0 saturated carbocycles. The van der Waals surface area contributed by atoms with Gasteiger partial charge in [-0.15, -0.1) is 10.2 Å². The molecule has 2 heterocycles. The predicted octanol–water partition coefficient (Wildman–Crippen LogP) is 2.02. The van der Waals surface area contributed by atoms with Crippen molar-refractivity contribution in [3.8, 4) is 5.75 Å². The number of hydrogen-bond acceptors (Lipinski definition) is 5. The number of rotatable bonds is 4. The fraction of sp³-hybridized carbons (Fsp3) is 0.429. The molecule has 0 fully saturated rings. The largest absolute Gasteiger partial charge is 0.492 e. The number of ether oxygens (including phenoxy) is 1. The Hall–Kier alpha value is -1.53. The van der Waals surface area contributed by atoms with Crippen LogP contribution in [0.4, 0.5) is 0 Å². The molecule has 0 bridgehead atoms. The summed E-state index contributed by atoms with van der Waals surface area (Å²) >= 11 is 1.71. The van der Waals surface area contributed by atoms with E-state index < -0.39 is 0 Å². The van der Waals surface area contributed by atoms with Crippen molar-refractivity contribution >= 4 is 11.8 Å². The molecular formula is C14H18N4OS. The van der Waals surface area contributed by atoms with E-state index in [0.717, 1.165) is 17.5 Å². The van der Waals surface area contributed by atoms with Crippen LogP contribution in [0.5, 0.6) is 5.75 Å². The van der Waals surface area contributed by atoms with E-state index in [1.807, 2.05) is 23.7 Å². The van der Waals surface area contributed by atoms with Crippen LogP contribution in [0.25, 0.3) is 0 Å². The van der Waals surface area contributed by atoms with E-state index in [9.17, 15) is 0 Å². The highest BCUT2D eigenvalue weighted by atomic mass is 32.2. The van der Waals surface area contributed by atoms with Crippen molar-refractivity contribution in [3.63, 3.8) is 0 Å². The molecule has 1 aliphatic rings. The summed E-state index contributed by atoms with van der Waals surface area (Å²) in [5.74, 6) is 0.980. The van der Waals surface area contributed by atoms with Crippen molar-refractivity contribution in [1.29, 1.82) is 0 Å². The van der Waals surface area contributed by atoms with E-state index >= 15 is 0 Å². The van der Waals surface area contributed by atoms with Crippen molar-refractivity contribution < 1.29 is 4.74 Å². The molecule has 20 heavy (non-hydrogen) atoms. The average molecular weight is 290 g/mol. The summed E-state index contributed by atoms with van der Waals surface area (Å²) < 4.78 is 7.82. The Kier molecular flexibility index (Phi) is 3.93. The lowest BCUT2D eigenvalue weighted by molar-refractivity contribution is 0.261. The molecule has 0 radical (unpaired) electrons. The second kappa shape index (κ2) is 5.85. The first-order valence-electron chi connectivity index (χ1n) is 6.75. The molecule has 5 nitrogen and oxygen atoms in total. The number of para-hydroxylation sites is 1. The zero-order valence-corrected chi connectivity index (χ0v) is 12.4. The van der Waals surface area contributed by atoms with Crippen LogP contribution in [0, 0.1) is 0 Å². The summed E-state index contributed by atoms with van der Waals surface area (Å²) in [7, 11) is 1.96. The lowest BCUT2D eigenvalue weighted by atomic mass is 10.0. The van der Waals surface area contributed by atoms with Gasteiger partial charge in [-0.2, -0.15) is 0 Å². The molecule has 0 amide bonds. The van der Waals surface area contributed by atoms with Crippen LogP contribution < -0.4 is 10.1 Å². The Morgan fingerprint density at radius 1 is 1.45 bits per heavy atom. The van der Waals surface area contributed by atoms with Crippen LogP contribution in [0.1, 0.15) is 18.5 Å². The van der Waals surface area contributed by atoms with Crippen molar-refractivity contribution in [2.75, 3.05) is 13.2 Å². The van der Waals surface area contributed by atoms with Crippen molar-refractivity contribution in [2.45, 2.75) is 23.4 Å². The van der Waals surface area contributed by atoms with Crippen LogP contribution in [0.15, 0.2) is 35.7 Å². The first-order valence-corrected chi connectivity index (χ1v) is 7.63. The van der Waals surface area contributed by atoms with Gasteiger partial charge in [0.15, 0.2) is 5.16 Å². The van der Waals surface area contributed by atoms with Gasteiger partial charge in [0.1, 0.15) is 18.7 Å². The lowest BCUT2D eigenvalue weighted by Crippen LogP contribution is -2.37. The van der Waals surface area contributed by atoms with Crippen LogP contribution in [-0.4, -0.2) is 33.2 Å². The summed E-state index contributed by atoms with van der Waals surface area (Å²) in [5.41, 5.74) is 1.22. The fourth-order valence-corrected chi connectivity index (χ4v) is 3.51. The first kappa shape index (κ1) is 13.5. The molecule has 106 valence electrons. The topological polar surface area (TPSA) is 52.0 Å². The van der Waals surface area contributed by atoms with Gasteiger partial charge in [0.2, 0.25) is 0 Å². The minimum absolute atomic E-state index is 0.270. The molecule has 3 rings (SSSR count). The van der Waals surface area contributed by atoms with Gasteiger partial charge in [-0.05, 0) is 12.6 Å². The number of aryl methyl sites for hydroxylation is 1. The average Bonchev–Trinajstić information content (AvgIpc) is 2.87. The van der Waals surface area contributed by atoms with Crippen molar-refractivity contribution in [1.82, 2.24) is 20.1 Å². The van der Waals surface area contributed by atoms with E-state index in [4.69, 9.17) is 4.74 Å². The zero-order chi connectivity index (χ0) is 13.9. The van der Waals surface area contributed by atoms with Crippen molar-refractivity contribution in [2.24, 2.45) is 7.05 Å². The Balaban J connectivity index is 1.86. The maximum Gasteiger partial charge on any atom is 0.191 e. The van der Waals surface area contributed by atoms with Gasteiger partial charge in [-0.3, -0.25) is 0 Å². The fourth-order valence-electron chi connectivity index (χ4n) is 2.42. The number of benzene rings is 1. The van der Waals surface area contributed by atoms with Gasteiger partial charge in [-0.1, -0.05) is 36.9 Å². The molecule has 6 heteroatoms. The van der Waals surface area contributed by atoms with E-state index in [0.29, 0.717) is 6.61 Å². The normalized spacial score (nSPS) is 21.3. The SMILES string of the molecule is CCNC1c2ccccc2OCC1Sc1nncn1C. The van der Waals surface area contributed by atoms with Gasteiger partial charge < -0.3 is 14.6 Å². The second-order valence-corrected chi connectivity index (χ2v) is 5.97. The minimum Gasteiger partial charge on any atom is -0.492 e. The van der Waals surface area contributed by atoms with Crippen molar-refractivity contribution in [3.05, 3.63) is 36.2 Å². The van der Waals surface area contributed by atoms with E-state index in [2.05, 4.69) is 34.6 Å². The molecular weight excluding hydrogens is 272 g/mol. The standard InChI is InChI=1S/C14H18N4OS/c1-3-15-13-10-6-4-5-7-11(10)19-8-12(13)20-14-17-16-9-18(14)2/h4-7,9,12-13,15H,3,8H2,1-2H3. The molecule has 0 saturated heterocycles. The predicted molar refractivity (Wildman–Crippen MR) is 79.0 cm³/mol. The Bertz CT molecular complexity index is 586. The first-order chi connectivity index (χ1) is 9.79. The maximum absolute atomic E-state index is 5.88. The summed E-state index contributed by atoms with van der Waals surface area (Å²) in [4.78, 5) is 0. The monoisotopic (exact) mass is 290 g/mol.